The molecule has 0 bridgehead atoms. The topological polar surface area (TPSA) is 86.8 Å². The minimum Gasteiger partial charge on any atom is -0.323 e. The van der Waals surface area contributed by atoms with Gasteiger partial charge in [0, 0.05) is 6.04 Å². The van der Waals surface area contributed by atoms with Gasteiger partial charge in [-0.15, -0.1) is 0 Å². The van der Waals surface area contributed by atoms with E-state index in [9.17, 15) is 18.0 Å². The summed E-state index contributed by atoms with van der Waals surface area (Å²) in [6.45, 7) is 2.17. The van der Waals surface area contributed by atoms with Gasteiger partial charge in [-0.1, -0.05) is 19.8 Å². The van der Waals surface area contributed by atoms with E-state index in [1.165, 1.54) is 4.90 Å². The molecule has 2 saturated heterocycles. The third kappa shape index (κ3) is 2.87. The standard InChI is InChI=1S/C15H25N3O4S/c1-11-5-3-4-7-15(11)13(19)18(14(20)16-15)10-17(2)12-6-8-23(21,22)9-12/h11-12H,3-10H2,1-2H3,(H,16,20)/t11-,12+,15-/m1/s1. The second-order valence-corrected chi connectivity index (χ2v) is 9.47. The molecular formula is C15H25N3O4S. The van der Waals surface area contributed by atoms with Crippen LogP contribution in [0.2, 0.25) is 0 Å². The Labute approximate surface area is 137 Å². The van der Waals surface area contributed by atoms with Crippen molar-refractivity contribution >= 4 is 21.8 Å². The van der Waals surface area contributed by atoms with Crippen LogP contribution in [0.5, 0.6) is 0 Å². The Morgan fingerprint density at radius 1 is 1.30 bits per heavy atom. The number of nitrogens with zero attached hydrogens (tertiary/aromatic N) is 2. The molecular weight excluding hydrogens is 318 g/mol. The molecule has 0 aromatic rings. The Morgan fingerprint density at radius 2 is 2.04 bits per heavy atom. The number of imide groups is 1. The highest BCUT2D eigenvalue weighted by Gasteiger charge is 2.55. The first kappa shape index (κ1) is 16.7. The van der Waals surface area contributed by atoms with Crippen LogP contribution >= 0.6 is 0 Å². The Kier molecular flexibility index (Phi) is 4.16. The zero-order valence-electron chi connectivity index (χ0n) is 13.7. The SMILES string of the molecule is C[C@@H]1CCCC[C@@]12NC(=O)N(CN(C)[C@H]1CCS(=O)(=O)C1)C2=O. The van der Waals surface area contributed by atoms with Crippen molar-refractivity contribution in [3.8, 4) is 0 Å². The lowest BCUT2D eigenvalue weighted by molar-refractivity contribution is -0.135. The molecule has 2 aliphatic heterocycles. The summed E-state index contributed by atoms with van der Waals surface area (Å²) in [7, 11) is -1.20. The molecule has 8 heteroatoms. The third-order valence-electron chi connectivity index (χ3n) is 5.70. The van der Waals surface area contributed by atoms with Gasteiger partial charge in [0.15, 0.2) is 9.84 Å². The van der Waals surface area contributed by atoms with Gasteiger partial charge >= 0.3 is 6.03 Å². The second kappa shape index (κ2) is 5.73. The van der Waals surface area contributed by atoms with Crippen molar-refractivity contribution in [2.24, 2.45) is 5.92 Å². The number of amides is 3. The van der Waals surface area contributed by atoms with E-state index in [2.05, 4.69) is 5.32 Å². The largest absolute Gasteiger partial charge is 0.326 e. The molecule has 0 radical (unpaired) electrons. The van der Waals surface area contributed by atoms with Gasteiger partial charge in [0.25, 0.3) is 5.91 Å². The quantitative estimate of drug-likeness (QED) is 0.757. The van der Waals surface area contributed by atoms with Crippen LogP contribution in [0.3, 0.4) is 0 Å². The van der Waals surface area contributed by atoms with Crippen molar-refractivity contribution in [1.82, 2.24) is 15.1 Å². The van der Waals surface area contributed by atoms with E-state index >= 15 is 0 Å². The van der Waals surface area contributed by atoms with E-state index in [0.717, 1.165) is 19.3 Å². The zero-order chi connectivity index (χ0) is 16.8. The number of urea groups is 1. The van der Waals surface area contributed by atoms with E-state index in [1.807, 2.05) is 11.8 Å². The van der Waals surface area contributed by atoms with Crippen LogP contribution in [0.15, 0.2) is 0 Å². The van der Waals surface area contributed by atoms with E-state index < -0.39 is 15.4 Å². The number of hydrogen-bond acceptors (Lipinski definition) is 5. The second-order valence-electron chi connectivity index (χ2n) is 7.24. The lowest BCUT2D eigenvalue weighted by Gasteiger charge is -2.37. The van der Waals surface area contributed by atoms with Crippen molar-refractivity contribution in [3.63, 3.8) is 0 Å². The smallest absolute Gasteiger partial charge is 0.323 e. The summed E-state index contributed by atoms with van der Waals surface area (Å²) in [6.07, 6.45) is 4.23. The van der Waals surface area contributed by atoms with Gasteiger partial charge in [-0.25, -0.2) is 18.1 Å². The lowest BCUT2D eigenvalue weighted by Crippen LogP contribution is -2.54. The lowest BCUT2D eigenvalue weighted by atomic mass is 9.73. The van der Waals surface area contributed by atoms with Gasteiger partial charge in [-0.05, 0) is 32.2 Å². The van der Waals surface area contributed by atoms with Gasteiger partial charge in [-0.2, -0.15) is 0 Å². The molecule has 1 spiro atoms. The van der Waals surface area contributed by atoms with Crippen LogP contribution in [0.1, 0.15) is 39.0 Å². The monoisotopic (exact) mass is 343 g/mol. The fourth-order valence-electron chi connectivity index (χ4n) is 4.09. The minimum absolute atomic E-state index is 0.106. The molecule has 2 heterocycles. The van der Waals surface area contributed by atoms with Crippen molar-refractivity contribution in [2.45, 2.75) is 50.6 Å². The van der Waals surface area contributed by atoms with Crippen LogP contribution in [0.4, 0.5) is 4.79 Å². The molecule has 23 heavy (non-hydrogen) atoms. The number of carbonyl (C=O) groups excluding carboxylic acids is 2. The fraction of sp³-hybridized carbons (Fsp3) is 0.867. The van der Waals surface area contributed by atoms with Crippen LogP contribution in [0.25, 0.3) is 0 Å². The number of sulfone groups is 1. The number of nitrogens with one attached hydrogen (secondary N) is 1. The molecule has 0 aromatic carbocycles. The molecule has 1 N–H and O–H groups in total. The minimum atomic E-state index is -2.98. The molecule has 3 amide bonds. The van der Waals surface area contributed by atoms with Crippen LogP contribution in [-0.2, 0) is 14.6 Å². The molecule has 0 unspecified atom stereocenters. The number of carbonyl (C=O) groups is 2. The van der Waals surface area contributed by atoms with E-state index in [1.54, 1.807) is 7.05 Å². The zero-order valence-corrected chi connectivity index (χ0v) is 14.6. The molecule has 3 atom stereocenters. The van der Waals surface area contributed by atoms with Crippen molar-refractivity contribution in [3.05, 3.63) is 0 Å². The Morgan fingerprint density at radius 3 is 2.65 bits per heavy atom. The summed E-state index contributed by atoms with van der Waals surface area (Å²) < 4.78 is 23.2. The van der Waals surface area contributed by atoms with E-state index in [-0.39, 0.29) is 42.1 Å². The maximum atomic E-state index is 12.9. The van der Waals surface area contributed by atoms with E-state index in [4.69, 9.17) is 0 Å². The highest BCUT2D eigenvalue weighted by Crippen LogP contribution is 2.38. The Bertz CT molecular complexity index is 620. The Balaban J connectivity index is 1.71. The molecule has 3 fully saturated rings. The van der Waals surface area contributed by atoms with Gasteiger partial charge < -0.3 is 5.32 Å². The maximum absolute atomic E-state index is 12.9. The molecule has 1 aliphatic carbocycles. The first-order chi connectivity index (χ1) is 10.8. The van der Waals surface area contributed by atoms with Gasteiger partial charge in [0.1, 0.15) is 5.54 Å². The Hall–Kier alpha value is -1.15. The predicted molar refractivity (Wildman–Crippen MR) is 85.4 cm³/mol. The summed E-state index contributed by atoms with van der Waals surface area (Å²) in [5.41, 5.74) is -0.752. The van der Waals surface area contributed by atoms with Gasteiger partial charge in [0.05, 0.1) is 18.2 Å². The van der Waals surface area contributed by atoms with E-state index in [0.29, 0.717) is 12.8 Å². The normalized spacial score (nSPS) is 36.9. The highest BCUT2D eigenvalue weighted by atomic mass is 32.2. The third-order valence-corrected chi connectivity index (χ3v) is 7.45. The van der Waals surface area contributed by atoms with Crippen LogP contribution in [-0.4, -0.2) is 67.0 Å². The predicted octanol–water partition coefficient (Wildman–Crippen LogP) is 0.564. The van der Waals surface area contributed by atoms with Crippen molar-refractivity contribution in [1.29, 1.82) is 0 Å². The fourth-order valence-corrected chi connectivity index (χ4v) is 5.89. The van der Waals surface area contributed by atoms with Crippen molar-refractivity contribution in [2.75, 3.05) is 25.2 Å². The van der Waals surface area contributed by atoms with Gasteiger partial charge in [-0.3, -0.25) is 9.69 Å². The molecule has 3 aliphatic rings. The first-order valence-electron chi connectivity index (χ1n) is 8.30. The molecule has 3 rings (SSSR count). The summed E-state index contributed by atoms with van der Waals surface area (Å²) in [5.74, 6) is 0.273. The molecule has 1 saturated carbocycles. The summed E-state index contributed by atoms with van der Waals surface area (Å²) >= 11 is 0. The van der Waals surface area contributed by atoms with Crippen LogP contribution < -0.4 is 5.32 Å². The summed E-state index contributed by atoms with van der Waals surface area (Å²) in [6, 6.07) is -0.475. The maximum Gasteiger partial charge on any atom is 0.326 e. The number of hydrogen-bond donors (Lipinski definition) is 1. The van der Waals surface area contributed by atoms with Gasteiger partial charge in [0.2, 0.25) is 0 Å². The van der Waals surface area contributed by atoms with Crippen molar-refractivity contribution < 1.29 is 18.0 Å². The average molecular weight is 343 g/mol. The number of rotatable bonds is 3. The average Bonchev–Trinajstić information content (AvgIpc) is 2.96. The molecule has 130 valence electrons. The summed E-state index contributed by atoms with van der Waals surface area (Å²) in [4.78, 5) is 28.3. The summed E-state index contributed by atoms with van der Waals surface area (Å²) in [5, 5.41) is 2.92. The highest BCUT2D eigenvalue weighted by molar-refractivity contribution is 7.91. The molecule has 7 nitrogen and oxygen atoms in total. The first-order valence-corrected chi connectivity index (χ1v) is 10.1. The molecule has 0 aromatic heterocycles. The van der Waals surface area contributed by atoms with Crippen LogP contribution in [0, 0.1) is 5.92 Å².